The second-order valence-corrected chi connectivity index (χ2v) is 17.7. The smallest absolute Gasteiger partial charge is 0.397 e. The summed E-state index contributed by atoms with van der Waals surface area (Å²) in [5.74, 6) is -0.447. The van der Waals surface area contributed by atoms with Crippen LogP contribution in [0.25, 0.3) is 0 Å². The molecular formula is C53H88O12S. The molecule has 0 aromatic heterocycles. The highest BCUT2D eigenvalue weighted by molar-refractivity contribution is 7.80. The molecule has 1 rings (SSSR count). The molecule has 1 fully saturated rings. The molecular weight excluding hydrogens is 861 g/mol. The van der Waals surface area contributed by atoms with Crippen molar-refractivity contribution in [3.63, 3.8) is 0 Å². The van der Waals surface area contributed by atoms with Crippen LogP contribution in [0.15, 0.2) is 97.2 Å². The number of aliphatic hydroxyl groups excluding tert-OH is 3. The van der Waals surface area contributed by atoms with Crippen molar-refractivity contribution in [1.82, 2.24) is 0 Å². The molecule has 0 bridgehead atoms. The molecule has 0 saturated carbocycles. The van der Waals surface area contributed by atoms with Crippen LogP contribution >= 0.6 is 0 Å². The van der Waals surface area contributed by atoms with E-state index in [1.54, 1.807) is 0 Å². The lowest BCUT2D eigenvalue weighted by Crippen LogP contribution is -2.60. The van der Waals surface area contributed by atoms with Crippen LogP contribution in [0, 0.1) is 0 Å². The Balaban J connectivity index is 2.44. The molecule has 1 saturated heterocycles. The Hall–Kier alpha value is -2.98. The van der Waals surface area contributed by atoms with Gasteiger partial charge < -0.3 is 34.3 Å². The van der Waals surface area contributed by atoms with Gasteiger partial charge in [0.25, 0.3) is 0 Å². The number of ether oxygens (including phenoxy) is 4. The summed E-state index contributed by atoms with van der Waals surface area (Å²) in [7, 11) is -5.08. The monoisotopic (exact) mass is 949 g/mol. The van der Waals surface area contributed by atoms with E-state index in [4.69, 9.17) is 18.9 Å². The molecule has 1 heterocycles. The summed E-state index contributed by atoms with van der Waals surface area (Å²) in [6.45, 7) is 3.77. The largest absolute Gasteiger partial charge is 0.457 e. The molecule has 0 aliphatic carbocycles. The Bertz CT molecular complexity index is 1520. The van der Waals surface area contributed by atoms with Gasteiger partial charge in [-0.05, 0) is 96.3 Å². The zero-order chi connectivity index (χ0) is 48.2. The Kier molecular flexibility index (Phi) is 40.1. The molecule has 0 aromatic carbocycles. The molecule has 378 valence electrons. The van der Waals surface area contributed by atoms with Crippen molar-refractivity contribution in [1.29, 1.82) is 0 Å². The average Bonchev–Trinajstić information content (AvgIpc) is 3.29. The summed E-state index contributed by atoms with van der Waals surface area (Å²) in [4.78, 5) is 12.9. The Morgan fingerprint density at radius 3 is 1.53 bits per heavy atom. The summed E-state index contributed by atoms with van der Waals surface area (Å²) in [5, 5.41) is 30.7. The Morgan fingerprint density at radius 1 is 0.591 bits per heavy atom. The van der Waals surface area contributed by atoms with Crippen LogP contribution in [0.2, 0.25) is 0 Å². The number of aliphatic hydroxyl groups is 3. The van der Waals surface area contributed by atoms with E-state index in [1.165, 1.54) is 57.8 Å². The third-order valence-electron chi connectivity index (χ3n) is 10.7. The fraction of sp³-hybridized carbons (Fsp3) is 0.679. The molecule has 0 radical (unpaired) electrons. The number of carbonyl (C=O) groups is 1. The molecule has 66 heavy (non-hydrogen) atoms. The SMILES string of the molecule is CC/C=C\C/C=C\C/C=C\C/C=C\C/C=C\C/C=C\CCCCC(=O)OC(COCCCCCCCCCC/C=C\C/C=C\CCCCC)COC1OC(CO)C(O)C(OS(=O)(=O)O)C1O. The van der Waals surface area contributed by atoms with Crippen LogP contribution < -0.4 is 0 Å². The van der Waals surface area contributed by atoms with Crippen LogP contribution in [0.1, 0.15) is 168 Å². The number of hydrogen-bond donors (Lipinski definition) is 4. The van der Waals surface area contributed by atoms with E-state index in [2.05, 4.69) is 115 Å². The van der Waals surface area contributed by atoms with Gasteiger partial charge in [-0.1, -0.05) is 162 Å². The van der Waals surface area contributed by atoms with Crippen molar-refractivity contribution in [2.75, 3.05) is 26.4 Å². The van der Waals surface area contributed by atoms with E-state index in [0.29, 0.717) is 13.0 Å². The number of hydrogen-bond acceptors (Lipinski definition) is 11. The lowest BCUT2D eigenvalue weighted by molar-refractivity contribution is -0.301. The molecule has 6 atom stereocenters. The zero-order valence-corrected chi connectivity index (χ0v) is 41.3. The third kappa shape index (κ3) is 36.1. The van der Waals surface area contributed by atoms with Crippen LogP contribution in [0.3, 0.4) is 0 Å². The average molecular weight is 949 g/mol. The first-order valence-electron chi connectivity index (χ1n) is 25.0. The first kappa shape index (κ1) is 61.0. The maximum atomic E-state index is 12.9. The number of allylic oxidation sites excluding steroid dienone is 16. The summed E-state index contributed by atoms with van der Waals surface area (Å²) < 4.78 is 59.2. The van der Waals surface area contributed by atoms with Gasteiger partial charge in [-0.2, -0.15) is 8.42 Å². The Labute approximate surface area is 399 Å². The normalized spacial score (nSPS) is 20.4. The number of esters is 1. The zero-order valence-electron chi connectivity index (χ0n) is 40.5. The maximum absolute atomic E-state index is 12.9. The number of rotatable bonds is 42. The van der Waals surface area contributed by atoms with Gasteiger partial charge in [0, 0.05) is 13.0 Å². The van der Waals surface area contributed by atoms with Crippen LogP contribution in [0.4, 0.5) is 0 Å². The molecule has 6 unspecified atom stereocenters. The highest BCUT2D eigenvalue weighted by atomic mass is 32.3. The van der Waals surface area contributed by atoms with Crippen molar-refractivity contribution in [3.05, 3.63) is 97.2 Å². The van der Waals surface area contributed by atoms with Gasteiger partial charge in [-0.25, -0.2) is 4.18 Å². The second-order valence-electron chi connectivity index (χ2n) is 16.7. The van der Waals surface area contributed by atoms with E-state index < -0.39 is 59.8 Å². The van der Waals surface area contributed by atoms with E-state index in [0.717, 1.165) is 83.5 Å². The van der Waals surface area contributed by atoms with Crippen LogP contribution in [0.5, 0.6) is 0 Å². The molecule has 12 nitrogen and oxygen atoms in total. The summed E-state index contributed by atoms with van der Waals surface area (Å²) in [6.07, 6.45) is 50.0. The molecule has 0 amide bonds. The van der Waals surface area contributed by atoms with E-state index in [-0.39, 0.29) is 19.6 Å². The minimum absolute atomic E-state index is 0.00773. The summed E-state index contributed by atoms with van der Waals surface area (Å²) in [6, 6.07) is 0. The fourth-order valence-corrected chi connectivity index (χ4v) is 7.45. The first-order valence-corrected chi connectivity index (χ1v) is 26.4. The third-order valence-corrected chi connectivity index (χ3v) is 11.2. The quantitative estimate of drug-likeness (QED) is 0.0197. The van der Waals surface area contributed by atoms with Crippen molar-refractivity contribution in [3.8, 4) is 0 Å². The van der Waals surface area contributed by atoms with Gasteiger partial charge >= 0.3 is 16.4 Å². The summed E-state index contributed by atoms with van der Waals surface area (Å²) in [5.41, 5.74) is 0. The highest BCUT2D eigenvalue weighted by Gasteiger charge is 2.48. The molecule has 0 spiro atoms. The van der Waals surface area contributed by atoms with Crippen molar-refractivity contribution in [2.24, 2.45) is 0 Å². The predicted molar refractivity (Wildman–Crippen MR) is 266 cm³/mol. The molecule has 1 aliphatic rings. The van der Waals surface area contributed by atoms with Gasteiger partial charge in [0.15, 0.2) is 6.29 Å². The minimum atomic E-state index is -5.08. The van der Waals surface area contributed by atoms with Gasteiger partial charge in [0.05, 0.1) is 19.8 Å². The molecule has 4 N–H and O–H groups in total. The van der Waals surface area contributed by atoms with Gasteiger partial charge in [-0.15, -0.1) is 0 Å². The molecule has 13 heteroatoms. The van der Waals surface area contributed by atoms with Crippen LogP contribution in [-0.4, -0.2) is 97.5 Å². The first-order chi connectivity index (χ1) is 32.1. The maximum Gasteiger partial charge on any atom is 0.397 e. The van der Waals surface area contributed by atoms with Gasteiger partial charge in [0.1, 0.15) is 30.5 Å². The topological polar surface area (TPSA) is 178 Å². The number of unbranched alkanes of at least 4 members (excludes halogenated alkanes) is 13. The fourth-order valence-electron chi connectivity index (χ4n) is 6.94. The molecule has 1 aliphatic heterocycles. The van der Waals surface area contributed by atoms with E-state index in [1.807, 2.05) is 0 Å². The number of carbonyl (C=O) groups excluding carboxylic acids is 1. The van der Waals surface area contributed by atoms with Crippen LogP contribution in [-0.2, 0) is 38.3 Å². The van der Waals surface area contributed by atoms with Crippen molar-refractivity contribution >= 4 is 16.4 Å². The van der Waals surface area contributed by atoms with Gasteiger partial charge in [0.2, 0.25) is 0 Å². The second kappa shape index (κ2) is 43.3. The summed E-state index contributed by atoms with van der Waals surface area (Å²) >= 11 is 0. The lowest BCUT2D eigenvalue weighted by Gasteiger charge is -2.41. The molecule has 0 aromatic rings. The minimum Gasteiger partial charge on any atom is -0.457 e. The van der Waals surface area contributed by atoms with Crippen molar-refractivity contribution in [2.45, 2.75) is 205 Å². The Morgan fingerprint density at radius 2 is 1.05 bits per heavy atom. The predicted octanol–water partition coefficient (Wildman–Crippen LogP) is 11.4. The lowest BCUT2D eigenvalue weighted by atomic mass is 9.99. The van der Waals surface area contributed by atoms with E-state index >= 15 is 0 Å². The van der Waals surface area contributed by atoms with E-state index in [9.17, 15) is 33.1 Å². The van der Waals surface area contributed by atoms with Crippen molar-refractivity contribution < 1.29 is 56.2 Å². The standard InChI is InChI=1S/C53H88O12S/c1-3-5-7-9-11-13-15-17-19-21-23-24-25-26-28-30-32-34-36-38-40-42-49(55)63-47(46-62-53-51(57)52(65-66(58,59)60)50(56)48(44-54)64-53)45-61-43-41-39-37-35-33-31-29-27-22-20-18-16-14-12-10-8-6-4-2/h5,7,11-14,17-20,23-24,26,28,32,34,47-48,50-54,56-57H,3-4,6,8-10,15-16,21-22,25,27,29-31,33,35-46H2,1-2H3,(H,58,59,60)/b7-5-,13-11-,14-12-,19-17-,20-18-,24-23-,28-26-,34-32-. The van der Waals surface area contributed by atoms with Gasteiger partial charge in [-0.3, -0.25) is 9.35 Å². The highest BCUT2D eigenvalue weighted by Crippen LogP contribution is 2.26.